The molecule has 2 aromatic rings. The van der Waals surface area contributed by atoms with Gasteiger partial charge in [0.25, 0.3) is 5.56 Å². The summed E-state index contributed by atoms with van der Waals surface area (Å²) in [5.74, 6) is -1.56. The summed E-state index contributed by atoms with van der Waals surface area (Å²) in [6.07, 6.45) is -2.53. The molecule has 0 radical (unpaired) electrons. The van der Waals surface area contributed by atoms with Crippen LogP contribution in [0.2, 0.25) is 0 Å². The zero-order valence-electron chi connectivity index (χ0n) is 26.7. The number of fused-ring (bicyclic) bond motifs is 1. The number of carbonyl (C=O) groups is 2. The van der Waals surface area contributed by atoms with Crippen molar-refractivity contribution in [2.24, 2.45) is 11.8 Å². The maximum atomic E-state index is 14.5. The van der Waals surface area contributed by atoms with E-state index >= 15 is 0 Å². The molecule has 3 rings (SSSR count). The minimum absolute atomic E-state index is 0.00114. The molecule has 1 aliphatic heterocycles. The van der Waals surface area contributed by atoms with Gasteiger partial charge in [0.1, 0.15) is 29.9 Å². The Labute approximate surface area is 261 Å². The van der Waals surface area contributed by atoms with E-state index in [0.717, 1.165) is 0 Å². The number of aromatic nitrogens is 4. The minimum Gasteiger partial charge on any atom is -0.465 e. The molecule has 0 aromatic carbocycles. The Balaban J connectivity index is 1.94. The molecule has 0 amide bonds. The van der Waals surface area contributed by atoms with Gasteiger partial charge in [-0.1, -0.05) is 27.7 Å². The molecule has 45 heavy (non-hydrogen) atoms. The third kappa shape index (κ3) is 8.87. The van der Waals surface area contributed by atoms with Crippen LogP contribution in [-0.4, -0.2) is 91.4 Å². The van der Waals surface area contributed by atoms with Crippen molar-refractivity contribution in [1.29, 1.82) is 0 Å². The van der Waals surface area contributed by atoms with Crippen LogP contribution in [0.1, 0.15) is 67.5 Å². The van der Waals surface area contributed by atoms with Gasteiger partial charge in [0, 0.05) is 0 Å². The lowest BCUT2D eigenvalue weighted by atomic mass is 9.96. The highest BCUT2D eigenvalue weighted by Gasteiger charge is 2.54. The summed E-state index contributed by atoms with van der Waals surface area (Å²) in [5, 5.41) is 27.9. The first-order valence-corrected chi connectivity index (χ1v) is 16.6. The summed E-state index contributed by atoms with van der Waals surface area (Å²) in [4.78, 5) is 48.4. The molecule has 6 atom stereocenters. The lowest BCUT2D eigenvalue weighted by molar-refractivity contribution is -0.146. The van der Waals surface area contributed by atoms with E-state index in [1.807, 2.05) is 27.7 Å². The molecule has 17 nitrogen and oxygen atoms in total. The van der Waals surface area contributed by atoms with Crippen molar-refractivity contribution >= 4 is 36.7 Å². The number of aromatic amines is 1. The van der Waals surface area contributed by atoms with E-state index in [-0.39, 0.29) is 55.0 Å². The number of ether oxygens (including phenoxy) is 3. The maximum Gasteiger partial charge on any atom is 0.342 e. The number of aliphatic hydroxyl groups excluding tert-OH is 1. The highest BCUT2D eigenvalue weighted by atomic mass is 31.2. The number of nitrogens with one attached hydrogen (secondary N) is 3. The van der Waals surface area contributed by atoms with Crippen molar-refractivity contribution < 1.29 is 43.1 Å². The normalized spacial score (nSPS) is 24.6. The van der Waals surface area contributed by atoms with Crippen LogP contribution >= 0.6 is 7.67 Å². The zero-order chi connectivity index (χ0) is 33.7. The molecule has 254 valence electrons. The average Bonchev–Trinajstić information content (AvgIpc) is 3.44. The van der Waals surface area contributed by atoms with Crippen molar-refractivity contribution in [1.82, 2.24) is 29.7 Å². The second-order valence-electron chi connectivity index (χ2n) is 11.9. The zero-order valence-corrected chi connectivity index (χ0v) is 27.6. The molecule has 0 aliphatic carbocycles. The summed E-state index contributed by atoms with van der Waals surface area (Å²) in [5.41, 5.74) is 3.05. The Bertz CT molecular complexity index is 1390. The van der Waals surface area contributed by atoms with Gasteiger partial charge in [0.15, 0.2) is 17.4 Å². The number of hydrogen-bond acceptors (Lipinski definition) is 13. The lowest BCUT2D eigenvalue weighted by Crippen LogP contribution is -2.47. The fourth-order valence-electron chi connectivity index (χ4n) is 5.02. The molecule has 4 unspecified atom stereocenters. The Kier molecular flexibility index (Phi) is 12.3. The summed E-state index contributed by atoms with van der Waals surface area (Å²) >= 11 is 0. The fraction of sp³-hybridized carbons (Fsp3) is 0.741. The number of nitrogens with zero attached hydrogens (tertiary/aromatic N) is 3. The second-order valence-corrected chi connectivity index (χ2v) is 13.8. The molecule has 0 saturated carbocycles. The predicted molar refractivity (Wildman–Crippen MR) is 163 cm³/mol. The van der Waals surface area contributed by atoms with Gasteiger partial charge in [-0.05, 0) is 45.4 Å². The summed E-state index contributed by atoms with van der Waals surface area (Å²) < 4.78 is 37.9. The number of esters is 2. The number of anilines is 1. The third-order valence-electron chi connectivity index (χ3n) is 7.09. The molecular formula is C27H46N7O10P. The van der Waals surface area contributed by atoms with Gasteiger partial charge >= 0.3 is 19.6 Å². The van der Waals surface area contributed by atoms with Crippen LogP contribution < -0.4 is 21.5 Å². The first-order chi connectivity index (χ1) is 21.0. The van der Waals surface area contributed by atoms with Crippen molar-refractivity contribution in [2.45, 2.75) is 97.4 Å². The van der Waals surface area contributed by atoms with E-state index in [2.05, 4.69) is 25.1 Å². The number of hydrogen-bond donors (Lipinski definition) is 6. The minimum atomic E-state index is -4.32. The molecule has 1 aliphatic rings. The van der Waals surface area contributed by atoms with Gasteiger partial charge < -0.3 is 34.7 Å². The van der Waals surface area contributed by atoms with Crippen LogP contribution in [0.25, 0.3) is 11.2 Å². The Morgan fingerprint density at radius 1 is 1.13 bits per heavy atom. The average molecular weight is 660 g/mol. The van der Waals surface area contributed by atoms with Crippen LogP contribution in [-0.2, 0) is 32.9 Å². The Morgan fingerprint density at radius 3 is 2.16 bits per heavy atom. The number of H-pyrrole nitrogens is 1. The number of nitrogens with two attached hydrogens (primary N) is 1. The largest absolute Gasteiger partial charge is 0.465 e. The van der Waals surface area contributed by atoms with Gasteiger partial charge in [-0.25, -0.2) is 15.2 Å². The standard InChI is InChI=1S/C27H46N7O10P/c1-8-41-23(37)16(10-14(3)4)32-45(40,33-17(11-15(5)6)24(38)42-9-2)43-12-18-20(35)27(7,39)25(44-18)34-13-29-19-21(34)30-26(28)31-22(19)36/h13-18,20,25,35,39H,8-12H2,1-7H3,(H2,32,33,40)(H3,28,30,31,36)/t16?,17?,18-,20+,25?,27?,45?/m1/s1. The SMILES string of the molecule is CCOC(=O)C(CC(C)C)NP(=O)(NC(CC(C)C)C(=O)OCC)OC[C@H]1OC(n2cnc3c(=O)[nH]c(N)nc32)C(C)(O)[C@H]1O. The first-order valence-electron chi connectivity index (χ1n) is 14.9. The van der Waals surface area contributed by atoms with Crippen LogP contribution in [0.5, 0.6) is 0 Å². The molecule has 7 N–H and O–H groups in total. The quantitative estimate of drug-likeness (QED) is 0.109. The maximum absolute atomic E-state index is 14.5. The molecular weight excluding hydrogens is 613 g/mol. The van der Waals surface area contributed by atoms with Crippen LogP contribution in [0.3, 0.4) is 0 Å². The Morgan fingerprint density at radius 2 is 1.67 bits per heavy atom. The van der Waals surface area contributed by atoms with Gasteiger partial charge in [-0.2, -0.15) is 4.98 Å². The van der Waals surface area contributed by atoms with E-state index in [4.69, 9.17) is 24.5 Å². The summed E-state index contributed by atoms with van der Waals surface area (Å²) in [6, 6.07) is -2.16. The number of aliphatic hydroxyl groups is 2. The molecule has 1 fully saturated rings. The number of imidazole rings is 1. The highest BCUT2D eigenvalue weighted by molar-refractivity contribution is 7.54. The van der Waals surface area contributed by atoms with E-state index in [1.165, 1.54) is 17.8 Å². The van der Waals surface area contributed by atoms with Crippen LogP contribution in [0, 0.1) is 11.8 Å². The number of nitrogen functional groups attached to an aromatic ring is 1. The van der Waals surface area contributed by atoms with Crippen LogP contribution in [0.15, 0.2) is 11.1 Å². The topological polar surface area (TPSA) is 242 Å². The van der Waals surface area contributed by atoms with E-state index in [9.17, 15) is 29.2 Å². The van der Waals surface area contributed by atoms with Crippen molar-refractivity contribution in [3.05, 3.63) is 16.7 Å². The fourth-order valence-corrected chi connectivity index (χ4v) is 6.85. The third-order valence-corrected chi connectivity index (χ3v) is 8.90. The monoisotopic (exact) mass is 659 g/mol. The molecule has 0 spiro atoms. The van der Waals surface area contributed by atoms with Crippen molar-refractivity contribution in [3.63, 3.8) is 0 Å². The smallest absolute Gasteiger partial charge is 0.342 e. The summed E-state index contributed by atoms with van der Waals surface area (Å²) in [6.45, 7) is 11.7. The second kappa shape index (κ2) is 15.1. The lowest BCUT2D eigenvalue weighted by Gasteiger charge is -2.30. The Hall–Kier alpha value is -2.92. The molecule has 3 heterocycles. The molecule has 2 aromatic heterocycles. The van der Waals surface area contributed by atoms with Crippen molar-refractivity contribution in [3.8, 4) is 0 Å². The van der Waals surface area contributed by atoms with Crippen molar-refractivity contribution in [2.75, 3.05) is 25.6 Å². The highest BCUT2D eigenvalue weighted by Crippen LogP contribution is 2.44. The van der Waals surface area contributed by atoms with E-state index in [1.54, 1.807) is 13.8 Å². The number of rotatable bonds is 16. The predicted octanol–water partition coefficient (Wildman–Crippen LogP) is 0.971. The summed E-state index contributed by atoms with van der Waals surface area (Å²) in [7, 11) is -4.32. The van der Waals surface area contributed by atoms with Gasteiger partial charge in [0.05, 0.1) is 26.1 Å². The van der Waals surface area contributed by atoms with Crippen LogP contribution in [0.4, 0.5) is 5.95 Å². The van der Waals surface area contributed by atoms with Gasteiger partial charge in [-0.3, -0.25) is 28.5 Å². The van der Waals surface area contributed by atoms with Gasteiger partial charge in [-0.15, -0.1) is 0 Å². The number of carbonyl (C=O) groups excluding carboxylic acids is 2. The van der Waals surface area contributed by atoms with Gasteiger partial charge in [0.2, 0.25) is 5.95 Å². The molecule has 0 bridgehead atoms. The van der Waals surface area contributed by atoms with E-state index < -0.39 is 67.9 Å². The first kappa shape index (κ1) is 36.5. The molecule has 18 heteroatoms. The van der Waals surface area contributed by atoms with E-state index in [0.29, 0.717) is 0 Å². The molecule has 1 saturated heterocycles.